The van der Waals surface area contributed by atoms with Gasteiger partial charge in [0.15, 0.2) is 0 Å². The van der Waals surface area contributed by atoms with Gasteiger partial charge in [-0.3, -0.25) is 14.5 Å². The lowest BCUT2D eigenvalue weighted by Crippen LogP contribution is -2.52. The fourth-order valence-electron chi connectivity index (χ4n) is 4.12. The van der Waals surface area contributed by atoms with E-state index in [1.807, 2.05) is 6.07 Å². The third-order valence-electron chi connectivity index (χ3n) is 5.34. The van der Waals surface area contributed by atoms with E-state index in [4.69, 9.17) is 9.57 Å². The van der Waals surface area contributed by atoms with Crippen molar-refractivity contribution in [2.24, 2.45) is 11.8 Å². The van der Waals surface area contributed by atoms with Gasteiger partial charge in [0.1, 0.15) is 5.82 Å². The minimum atomic E-state index is -0.197. The second kappa shape index (κ2) is 6.78. The van der Waals surface area contributed by atoms with Crippen LogP contribution in [-0.2, 0) is 20.9 Å². The minimum Gasteiger partial charge on any atom is -0.377 e. The number of carbonyl (C=O) groups is 1. The Balaban J connectivity index is 1.50. The SMILES string of the molecule is O=C([C@H]1CN(Cc2ccccc2F)C[C@H]2OCC[C@@H]12)N1CCCO1. The molecule has 5 nitrogen and oxygen atoms in total. The first-order chi connectivity index (χ1) is 11.7. The van der Waals surface area contributed by atoms with E-state index in [0.717, 1.165) is 19.4 Å². The van der Waals surface area contributed by atoms with Crippen LogP contribution >= 0.6 is 0 Å². The van der Waals surface area contributed by atoms with Crippen molar-refractivity contribution < 1.29 is 18.8 Å². The number of hydrogen-bond donors (Lipinski definition) is 0. The van der Waals surface area contributed by atoms with Crippen LogP contribution in [0.25, 0.3) is 0 Å². The van der Waals surface area contributed by atoms with Gasteiger partial charge < -0.3 is 4.74 Å². The van der Waals surface area contributed by atoms with Crippen molar-refractivity contribution in [3.8, 4) is 0 Å². The Morgan fingerprint density at radius 1 is 1.25 bits per heavy atom. The zero-order valence-corrected chi connectivity index (χ0v) is 13.7. The summed E-state index contributed by atoms with van der Waals surface area (Å²) >= 11 is 0. The predicted molar refractivity (Wildman–Crippen MR) is 85.3 cm³/mol. The van der Waals surface area contributed by atoms with Crippen LogP contribution in [0.1, 0.15) is 18.4 Å². The fraction of sp³-hybridized carbons (Fsp3) is 0.611. The minimum absolute atomic E-state index is 0.0575. The lowest BCUT2D eigenvalue weighted by Gasteiger charge is -2.40. The maximum Gasteiger partial charge on any atom is 0.250 e. The van der Waals surface area contributed by atoms with Gasteiger partial charge >= 0.3 is 0 Å². The van der Waals surface area contributed by atoms with Crippen LogP contribution in [0.15, 0.2) is 24.3 Å². The third-order valence-corrected chi connectivity index (χ3v) is 5.34. The smallest absolute Gasteiger partial charge is 0.250 e. The first-order valence-electron chi connectivity index (χ1n) is 8.74. The van der Waals surface area contributed by atoms with Crippen LogP contribution in [0.3, 0.4) is 0 Å². The van der Waals surface area contributed by atoms with Gasteiger partial charge in [0.05, 0.1) is 25.2 Å². The van der Waals surface area contributed by atoms with Crippen LogP contribution in [-0.4, -0.2) is 54.8 Å². The van der Waals surface area contributed by atoms with Crippen molar-refractivity contribution >= 4 is 5.91 Å². The highest BCUT2D eigenvalue weighted by Crippen LogP contribution is 2.35. The van der Waals surface area contributed by atoms with Crippen molar-refractivity contribution in [1.29, 1.82) is 0 Å². The Labute approximate surface area is 141 Å². The molecule has 0 aromatic heterocycles. The number of benzene rings is 1. The molecule has 1 amide bonds. The van der Waals surface area contributed by atoms with Crippen molar-refractivity contribution in [2.45, 2.75) is 25.5 Å². The molecule has 1 aromatic rings. The van der Waals surface area contributed by atoms with Crippen LogP contribution in [0, 0.1) is 17.7 Å². The Kier molecular flexibility index (Phi) is 4.52. The van der Waals surface area contributed by atoms with Crippen LogP contribution in [0.2, 0.25) is 0 Å². The summed E-state index contributed by atoms with van der Waals surface area (Å²) in [6, 6.07) is 6.83. The molecule has 3 heterocycles. The zero-order chi connectivity index (χ0) is 16.5. The molecule has 6 heteroatoms. The molecule has 0 N–H and O–H groups in total. The first kappa shape index (κ1) is 16.0. The number of amides is 1. The zero-order valence-electron chi connectivity index (χ0n) is 13.7. The normalized spacial score (nSPS) is 30.5. The molecule has 3 saturated heterocycles. The first-order valence-corrected chi connectivity index (χ1v) is 8.74. The molecule has 0 saturated carbocycles. The summed E-state index contributed by atoms with van der Waals surface area (Å²) in [6.07, 6.45) is 1.87. The third kappa shape index (κ3) is 3.06. The highest BCUT2D eigenvalue weighted by atomic mass is 19.1. The van der Waals surface area contributed by atoms with E-state index in [1.165, 1.54) is 11.1 Å². The standard InChI is InChI=1S/C18H23FN2O3/c19-16-5-2-1-4-13(16)10-20-11-15(14-6-9-23-17(14)12-20)18(22)21-7-3-8-24-21/h1-2,4-5,14-15,17H,3,6-12H2/t14-,15-,17+/m0/s1. The monoisotopic (exact) mass is 334 g/mol. The van der Waals surface area contributed by atoms with Crippen molar-refractivity contribution in [3.63, 3.8) is 0 Å². The number of nitrogens with zero attached hydrogens (tertiary/aromatic N) is 2. The van der Waals surface area contributed by atoms with E-state index in [9.17, 15) is 9.18 Å². The van der Waals surface area contributed by atoms with Crippen LogP contribution in [0.5, 0.6) is 0 Å². The number of hydrogen-bond acceptors (Lipinski definition) is 4. The summed E-state index contributed by atoms with van der Waals surface area (Å²) in [4.78, 5) is 20.4. The van der Waals surface area contributed by atoms with Gasteiger partial charge in [0.25, 0.3) is 5.91 Å². The average molecular weight is 334 g/mol. The lowest BCUT2D eigenvalue weighted by atomic mass is 9.82. The number of likely N-dealkylation sites (tertiary alicyclic amines) is 1. The summed E-state index contributed by atoms with van der Waals surface area (Å²) in [6.45, 7) is 3.88. The Bertz CT molecular complexity index is 606. The van der Waals surface area contributed by atoms with E-state index in [2.05, 4.69) is 4.90 Å². The van der Waals surface area contributed by atoms with Gasteiger partial charge in [-0.15, -0.1) is 0 Å². The van der Waals surface area contributed by atoms with E-state index in [-0.39, 0.29) is 29.7 Å². The van der Waals surface area contributed by atoms with E-state index >= 15 is 0 Å². The second-order valence-electron chi connectivity index (χ2n) is 6.88. The largest absolute Gasteiger partial charge is 0.377 e. The van der Waals surface area contributed by atoms with Crippen molar-refractivity contribution in [3.05, 3.63) is 35.6 Å². The summed E-state index contributed by atoms with van der Waals surface area (Å²) < 4.78 is 19.8. The molecule has 1 aromatic carbocycles. The molecule has 130 valence electrons. The number of halogens is 1. The summed E-state index contributed by atoms with van der Waals surface area (Å²) in [5.74, 6) is -0.0151. The van der Waals surface area contributed by atoms with Gasteiger partial charge in [-0.25, -0.2) is 9.45 Å². The highest BCUT2D eigenvalue weighted by Gasteiger charge is 2.45. The molecule has 0 radical (unpaired) electrons. The van der Waals surface area contributed by atoms with Gasteiger partial charge in [-0.2, -0.15) is 0 Å². The van der Waals surface area contributed by atoms with E-state index in [1.54, 1.807) is 12.1 Å². The number of fused-ring (bicyclic) bond motifs is 1. The number of ether oxygens (including phenoxy) is 1. The Morgan fingerprint density at radius 3 is 2.92 bits per heavy atom. The number of rotatable bonds is 3. The maximum atomic E-state index is 14.0. The summed E-state index contributed by atoms with van der Waals surface area (Å²) in [7, 11) is 0. The molecule has 3 fully saturated rings. The molecule has 3 aliphatic rings. The molecule has 3 aliphatic heterocycles. The topological polar surface area (TPSA) is 42.0 Å². The number of piperidine rings is 1. The van der Waals surface area contributed by atoms with Gasteiger partial charge in [0, 0.05) is 37.7 Å². The van der Waals surface area contributed by atoms with E-state index < -0.39 is 0 Å². The summed E-state index contributed by atoms with van der Waals surface area (Å²) in [5, 5.41) is 1.52. The maximum absolute atomic E-state index is 14.0. The molecular formula is C18H23FN2O3. The van der Waals surface area contributed by atoms with Crippen molar-refractivity contribution in [2.75, 3.05) is 32.8 Å². The molecule has 0 spiro atoms. The second-order valence-corrected chi connectivity index (χ2v) is 6.88. The number of carbonyl (C=O) groups excluding carboxylic acids is 1. The summed E-state index contributed by atoms with van der Waals surface area (Å²) in [5.41, 5.74) is 0.664. The van der Waals surface area contributed by atoms with Gasteiger partial charge in [0.2, 0.25) is 0 Å². The molecular weight excluding hydrogens is 311 g/mol. The van der Waals surface area contributed by atoms with Crippen LogP contribution < -0.4 is 0 Å². The average Bonchev–Trinajstić information content (AvgIpc) is 3.27. The van der Waals surface area contributed by atoms with Gasteiger partial charge in [-0.05, 0) is 18.9 Å². The molecule has 0 aliphatic carbocycles. The molecule has 4 rings (SSSR count). The Hall–Kier alpha value is -1.50. The van der Waals surface area contributed by atoms with Crippen molar-refractivity contribution in [1.82, 2.24) is 9.96 Å². The molecule has 0 bridgehead atoms. The lowest BCUT2D eigenvalue weighted by molar-refractivity contribution is -0.179. The predicted octanol–water partition coefficient (Wildman–Crippen LogP) is 1.83. The molecule has 24 heavy (non-hydrogen) atoms. The van der Waals surface area contributed by atoms with Gasteiger partial charge in [-0.1, -0.05) is 18.2 Å². The Morgan fingerprint density at radius 2 is 2.12 bits per heavy atom. The van der Waals surface area contributed by atoms with Crippen LogP contribution in [0.4, 0.5) is 4.39 Å². The quantitative estimate of drug-likeness (QED) is 0.846. The molecule has 3 atom stereocenters. The molecule has 0 unspecified atom stereocenters. The fourth-order valence-corrected chi connectivity index (χ4v) is 4.12. The van der Waals surface area contributed by atoms with E-state index in [0.29, 0.717) is 38.4 Å². The highest BCUT2D eigenvalue weighted by molar-refractivity contribution is 5.79. The number of hydroxylamine groups is 2.